The summed E-state index contributed by atoms with van der Waals surface area (Å²) in [6, 6.07) is 32.9. The fourth-order valence-electron chi connectivity index (χ4n) is 4.03. The quantitative estimate of drug-likeness (QED) is 0.149. The summed E-state index contributed by atoms with van der Waals surface area (Å²) < 4.78 is 1.72. The van der Waals surface area contributed by atoms with E-state index in [2.05, 4.69) is 21.2 Å². The lowest BCUT2D eigenvalue weighted by Crippen LogP contribution is -2.33. The summed E-state index contributed by atoms with van der Waals surface area (Å²) in [7, 11) is 0. The van der Waals surface area contributed by atoms with Gasteiger partial charge >= 0.3 is 11.8 Å². The fourth-order valence-corrected chi connectivity index (χ4v) is 4.03. The van der Waals surface area contributed by atoms with Gasteiger partial charge in [-0.3, -0.25) is 14.4 Å². The second-order valence-electron chi connectivity index (χ2n) is 9.10. The van der Waals surface area contributed by atoms with E-state index in [1.165, 1.54) is 6.21 Å². The van der Waals surface area contributed by atoms with Crippen LogP contribution in [0.25, 0.3) is 16.9 Å². The highest BCUT2D eigenvalue weighted by molar-refractivity contribution is 6.40. The number of carbonyl (C=O) groups is 3. The van der Waals surface area contributed by atoms with E-state index in [-0.39, 0.29) is 11.3 Å². The van der Waals surface area contributed by atoms with Crippen LogP contribution in [-0.4, -0.2) is 33.7 Å². The number of rotatable bonds is 7. The van der Waals surface area contributed by atoms with Gasteiger partial charge in [0, 0.05) is 23.0 Å². The SMILES string of the molecule is Cc1ccc(-c2nn(-c3ccccc3)cc2/C=N/NC(=O)C(=O)Nc2ccccc2C(=O)Nc2ccccc2)cc1. The molecule has 0 bridgehead atoms. The number of amides is 3. The number of hydrazone groups is 1. The number of carbonyl (C=O) groups excluding carboxylic acids is 3. The third kappa shape index (κ3) is 6.61. The summed E-state index contributed by atoms with van der Waals surface area (Å²) in [5.74, 6) is -2.39. The summed E-state index contributed by atoms with van der Waals surface area (Å²) in [5.41, 5.74) is 7.41. The molecule has 0 aliphatic rings. The number of aromatic nitrogens is 2. The number of hydrogen-bond donors (Lipinski definition) is 3. The number of hydrogen-bond acceptors (Lipinski definition) is 5. The maximum atomic E-state index is 12.8. The van der Waals surface area contributed by atoms with E-state index in [1.54, 1.807) is 59.4 Å². The molecule has 1 aromatic heterocycles. The lowest BCUT2D eigenvalue weighted by Gasteiger charge is -2.11. The molecule has 9 heteroatoms. The number of benzene rings is 4. The molecule has 0 saturated heterocycles. The molecule has 1 heterocycles. The van der Waals surface area contributed by atoms with Crippen molar-refractivity contribution in [3.05, 3.63) is 132 Å². The second kappa shape index (κ2) is 12.4. The zero-order valence-electron chi connectivity index (χ0n) is 22.1. The zero-order chi connectivity index (χ0) is 28.6. The highest BCUT2D eigenvalue weighted by Crippen LogP contribution is 2.23. The largest absolute Gasteiger partial charge is 0.329 e. The van der Waals surface area contributed by atoms with Crippen molar-refractivity contribution in [3.63, 3.8) is 0 Å². The minimum Gasteiger partial charge on any atom is -0.322 e. The van der Waals surface area contributed by atoms with Crippen LogP contribution in [0.4, 0.5) is 11.4 Å². The van der Waals surface area contributed by atoms with Crippen molar-refractivity contribution in [1.82, 2.24) is 15.2 Å². The molecule has 3 N–H and O–H groups in total. The Balaban J connectivity index is 1.30. The predicted octanol–water partition coefficient (Wildman–Crippen LogP) is 5.19. The molecular formula is C32H26N6O3. The van der Waals surface area contributed by atoms with Crippen molar-refractivity contribution in [2.75, 3.05) is 10.6 Å². The van der Waals surface area contributed by atoms with Gasteiger partial charge in [0.15, 0.2) is 0 Å². The van der Waals surface area contributed by atoms with Crippen LogP contribution >= 0.6 is 0 Å². The number of nitrogens with one attached hydrogen (secondary N) is 3. The molecule has 5 aromatic rings. The molecule has 0 radical (unpaired) electrons. The average molecular weight is 543 g/mol. The smallest absolute Gasteiger partial charge is 0.322 e. The van der Waals surface area contributed by atoms with Crippen LogP contribution < -0.4 is 16.1 Å². The first-order valence-electron chi connectivity index (χ1n) is 12.8. The zero-order valence-corrected chi connectivity index (χ0v) is 22.1. The summed E-state index contributed by atoms with van der Waals surface area (Å²) >= 11 is 0. The molecule has 0 fully saturated rings. The van der Waals surface area contributed by atoms with Crippen molar-refractivity contribution >= 4 is 35.3 Å². The molecule has 0 saturated carbocycles. The first-order chi connectivity index (χ1) is 20.0. The Morgan fingerprint density at radius 3 is 2.15 bits per heavy atom. The van der Waals surface area contributed by atoms with Crippen LogP contribution in [0.15, 0.2) is 120 Å². The standard InChI is InChI=1S/C32H26N6O3/c1-22-16-18-23(19-17-22)29-24(21-38(37-29)26-12-6-3-7-13-26)20-33-36-32(41)31(40)35-28-15-9-8-14-27(28)30(39)34-25-10-4-2-5-11-25/h2-21H,1H3,(H,34,39)(H,35,40)(H,36,41)/b33-20+. The summed E-state index contributed by atoms with van der Waals surface area (Å²) in [6.07, 6.45) is 3.23. The fraction of sp³-hybridized carbons (Fsp3) is 0.0312. The first kappa shape index (κ1) is 26.8. The summed E-state index contributed by atoms with van der Waals surface area (Å²) in [6.45, 7) is 2.00. The monoisotopic (exact) mass is 542 g/mol. The predicted molar refractivity (Wildman–Crippen MR) is 159 cm³/mol. The normalized spacial score (nSPS) is 10.8. The van der Waals surface area contributed by atoms with Crippen molar-refractivity contribution in [3.8, 4) is 16.9 Å². The van der Waals surface area contributed by atoms with Crippen molar-refractivity contribution < 1.29 is 14.4 Å². The van der Waals surface area contributed by atoms with Crippen LogP contribution in [0.2, 0.25) is 0 Å². The molecule has 4 aromatic carbocycles. The van der Waals surface area contributed by atoms with Crippen LogP contribution in [0.1, 0.15) is 21.5 Å². The second-order valence-corrected chi connectivity index (χ2v) is 9.10. The van der Waals surface area contributed by atoms with E-state index in [4.69, 9.17) is 5.10 Å². The Labute approximate surface area is 236 Å². The minimum atomic E-state index is -0.994. The van der Waals surface area contributed by atoms with Gasteiger partial charge < -0.3 is 10.6 Å². The minimum absolute atomic E-state index is 0.191. The van der Waals surface area contributed by atoms with E-state index < -0.39 is 17.7 Å². The van der Waals surface area contributed by atoms with Crippen LogP contribution in [0.3, 0.4) is 0 Å². The van der Waals surface area contributed by atoms with Gasteiger partial charge in [0.2, 0.25) is 0 Å². The van der Waals surface area contributed by atoms with Crippen molar-refractivity contribution in [2.24, 2.45) is 5.10 Å². The Kier molecular flexibility index (Phi) is 8.06. The Bertz CT molecular complexity index is 1710. The van der Waals surface area contributed by atoms with Gasteiger partial charge in [-0.05, 0) is 43.3 Å². The molecule has 0 aliphatic carbocycles. The van der Waals surface area contributed by atoms with Gasteiger partial charge in [-0.15, -0.1) is 0 Å². The number of anilines is 2. The third-order valence-electron chi connectivity index (χ3n) is 6.12. The molecule has 0 atom stereocenters. The van der Waals surface area contributed by atoms with Gasteiger partial charge in [0.25, 0.3) is 5.91 Å². The van der Waals surface area contributed by atoms with E-state index in [1.807, 2.05) is 67.6 Å². The van der Waals surface area contributed by atoms with Crippen molar-refractivity contribution in [2.45, 2.75) is 6.92 Å². The van der Waals surface area contributed by atoms with Gasteiger partial charge in [0.05, 0.1) is 23.2 Å². The van der Waals surface area contributed by atoms with E-state index in [0.29, 0.717) is 16.9 Å². The number of para-hydroxylation sites is 3. The molecule has 0 unspecified atom stereocenters. The summed E-state index contributed by atoms with van der Waals surface area (Å²) in [5, 5.41) is 14.0. The van der Waals surface area contributed by atoms with E-state index >= 15 is 0 Å². The number of nitrogens with zero attached hydrogens (tertiary/aromatic N) is 3. The van der Waals surface area contributed by atoms with Gasteiger partial charge in [-0.25, -0.2) is 10.1 Å². The maximum absolute atomic E-state index is 12.8. The molecule has 41 heavy (non-hydrogen) atoms. The maximum Gasteiger partial charge on any atom is 0.329 e. The average Bonchev–Trinajstić information content (AvgIpc) is 3.43. The lowest BCUT2D eigenvalue weighted by molar-refractivity contribution is -0.136. The Hall–Kier alpha value is -5.83. The van der Waals surface area contributed by atoms with Crippen LogP contribution in [-0.2, 0) is 9.59 Å². The van der Waals surface area contributed by atoms with Crippen molar-refractivity contribution in [1.29, 1.82) is 0 Å². The van der Waals surface area contributed by atoms with E-state index in [9.17, 15) is 14.4 Å². The Morgan fingerprint density at radius 1 is 0.756 bits per heavy atom. The molecule has 3 amide bonds. The van der Waals surface area contributed by atoms with Crippen LogP contribution in [0, 0.1) is 6.92 Å². The topological polar surface area (TPSA) is 117 Å². The number of aryl methyl sites for hydroxylation is 1. The molecule has 5 rings (SSSR count). The highest BCUT2D eigenvalue weighted by Gasteiger charge is 2.18. The highest BCUT2D eigenvalue weighted by atomic mass is 16.2. The van der Waals surface area contributed by atoms with Gasteiger partial charge in [-0.1, -0.05) is 78.4 Å². The summed E-state index contributed by atoms with van der Waals surface area (Å²) in [4.78, 5) is 38.0. The molecule has 9 nitrogen and oxygen atoms in total. The first-order valence-corrected chi connectivity index (χ1v) is 12.8. The Morgan fingerprint density at radius 2 is 1.41 bits per heavy atom. The van der Waals surface area contributed by atoms with Crippen LogP contribution in [0.5, 0.6) is 0 Å². The van der Waals surface area contributed by atoms with Gasteiger partial charge in [-0.2, -0.15) is 10.2 Å². The van der Waals surface area contributed by atoms with E-state index in [0.717, 1.165) is 16.8 Å². The molecule has 0 aliphatic heterocycles. The molecule has 0 spiro atoms. The molecular weight excluding hydrogens is 516 g/mol. The third-order valence-corrected chi connectivity index (χ3v) is 6.12. The van der Waals surface area contributed by atoms with Gasteiger partial charge in [0.1, 0.15) is 5.69 Å². The molecule has 202 valence electrons. The lowest BCUT2D eigenvalue weighted by atomic mass is 10.1.